The molecule has 0 bridgehead atoms. The monoisotopic (exact) mass is 416 g/mol. The average molecular weight is 417 g/mol. The summed E-state index contributed by atoms with van der Waals surface area (Å²) in [5.41, 5.74) is 6.95. The molecular formula is C24H21BrN2. The first-order valence-corrected chi connectivity index (χ1v) is 9.93. The molecule has 2 aromatic heterocycles. The Kier molecular flexibility index (Phi) is 6.89. The van der Waals surface area contributed by atoms with E-state index >= 15 is 0 Å². The van der Waals surface area contributed by atoms with Crippen LogP contribution in [0.3, 0.4) is 0 Å². The lowest BCUT2D eigenvalue weighted by atomic mass is 10.1. The van der Waals surface area contributed by atoms with Gasteiger partial charge in [-0.1, -0.05) is 82.2 Å². The first kappa shape index (κ1) is 19.0. The van der Waals surface area contributed by atoms with Gasteiger partial charge in [-0.3, -0.25) is 9.97 Å². The largest absolute Gasteiger partial charge is 0.256 e. The molecule has 3 heteroatoms. The van der Waals surface area contributed by atoms with E-state index in [1.54, 1.807) is 0 Å². The van der Waals surface area contributed by atoms with E-state index in [2.05, 4.69) is 81.4 Å². The van der Waals surface area contributed by atoms with Crippen molar-refractivity contribution in [3.63, 3.8) is 0 Å². The van der Waals surface area contributed by atoms with E-state index in [1.165, 1.54) is 16.7 Å². The summed E-state index contributed by atoms with van der Waals surface area (Å²) >= 11 is 3.42. The maximum absolute atomic E-state index is 4.29. The van der Waals surface area contributed by atoms with E-state index in [1.807, 2.05) is 48.8 Å². The third-order valence-corrected chi connectivity index (χ3v) is 4.73. The Bertz CT molecular complexity index is 935. The summed E-state index contributed by atoms with van der Waals surface area (Å²) < 4.78 is 0. The van der Waals surface area contributed by atoms with Crippen molar-refractivity contribution in [2.24, 2.45) is 0 Å². The predicted octanol–water partition coefficient (Wildman–Crippen LogP) is 6.70. The second-order valence-corrected chi connectivity index (χ2v) is 6.69. The summed E-state index contributed by atoms with van der Waals surface area (Å²) in [6.07, 6.45) is 3.63. The minimum Gasteiger partial charge on any atom is -0.256 e. The number of alkyl halides is 1. The summed E-state index contributed by atoms with van der Waals surface area (Å²) in [4.78, 5) is 8.57. The fourth-order valence-corrected chi connectivity index (χ4v) is 2.93. The lowest BCUT2D eigenvalue weighted by molar-refractivity contribution is 1.32. The van der Waals surface area contributed by atoms with Crippen LogP contribution in [0.4, 0.5) is 0 Å². The number of aromatic nitrogens is 2. The highest BCUT2D eigenvalue weighted by molar-refractivity contribution is 9.08. The van der Waals surface area contributed by atoms with Crippen LogP contribution in [0.2, 0.25) is 0 Å². The number of pyridine rings is 2. The van der Waals surface area contributed by atoms with Gasteiger partial charge in [0, 0.05) is 28.9 Å². The van der Waals surface area contributed by atoms with E-state index in [0.29, 0.717) is 0 Å². The molecule has 2 heterocycles. The summed E-state index contributed by atoms with van der Waals surface area (Å²) in [7, 11) is 0. The van der Waals surface area contributed by atoms with Crippen molar-refractivity contribution in [2.45, 2.75) is 12.3 Å². The van der Waals surface area contributed by atoms with Crippen molar-refractivity contribution in [1.29, 1.82) is 0 Å². The number of hydrogen-bond donors (Lipinski definition) is 0. The Morgan fingerprint density at radius 2 is 1.11 bits per heavy atom. The molecule has 2 nitrogen and oxygen atoms in total. The van der Waals surface area contributed by atoms with Crippen LogP contribution >= 0.6 is 15.9 Å². The summed E-state index contributed by atoms with van der Waals surface area (Å²) in [5, 5.41) is 0.898. The molecule has 0 saturated heterocycles. The number of halogens is 1. The van der Waals surface area contributed by atoms with E-state index in [9.17, 15) is 0 Å². The molecule has 4 aromatic rings. The number of hydrogen-bond acceptors (Lipinski definition) is 2. The van der Waals surface area contributed by atoms with Gasteiger partial charge in [0.1, 0.15) is 0 Å². The van der Waals surface area contributed by atoms with Crippen LogP contribution in [0.15, 0.2) is 97.3 Å². The Morgan fingerprint density at radius 3 is 1.52 bits per heavy atom. The molecule has 0 spiro atoms. The normalized spacial score (nSPS) is 10.0. The van der Waals surface area contributed by atoms with Gasteiger partial charge in [0.2, 0.25) is 0 Å². The Morgan fingerprint density at radius 1 is 0.630 bits per heavy atom. The third-order valence-electron chi connectivity index (χ3n) is 4.08. The van der Waals surface area contributed by atoms with E-state index in [0.717, 1.165) is 22.3 Å². The first-order chi connectivity index (χ1) is 13.3. The van der Waals surface area contributed by atoms with Gasteiger partial charge in [0.25, 0.3) is 0 Å². The van der Waals surface area contributed by atoms with Crippen molar-refractivity contribution < 1.29 is 0 Å². The molecular weight excluding hydrogens is 396 g/mol. The SMILES string of the molecule is BrCc1ccc(-c2ccccn2)cc1.Cc1ccc(-c2ccccn2)cc1. The topological polar surface area (TPSA) is 25.8 Å². The summed E-state index contributed by atoms with van der Waals surface area (Å²) in [6, 6.07) is 28.7. The van der Waals surface area contributed by atoms with Crippen LogP contribution in [0.5, 0.6) is 0 Å². The predicted molar refractivity (Wildman–Crippen MR) is 117 cm³/mol. The summed E-state index contributed by atoms with van der Waals surface area (Å²) in [6.45, 7) is 2.09. The molecule has 0 aliphatic rings. The molecule has 0 amide bonds. The standard InChI is InChI=1S/C12H10BrN.C12H11N/c13-9-10-4-6-11(7-5-10)12-3-1-2-8-14-12;1-10-5-7-11(8-6-10)12-4-2-3-9-13-12/h1-8H,9H2;2-9H,1H3. The first-order valence-electron chi connectivity index (χ1n) is 8.80. The second-order valence-electron chi connectivity index (χ2n) is 6.13. The number of benzene rings is 2. The Labute approximate surface area is 169 Å². The van der Waals surface area contributed by atoms with E-state index in [4.69, 9.17) is 0 Å². The third kappa shape index (κ3) is 5.60. The van der Waals surface area contributed by atoms with Crippen LogP contribution in [0.1, 0.15) is 11.1 Å². The van der Waals surface area contributed by atoms with Gasteiger partial charge in [-0.2, -0.15) is 0 Å². The molecule has 0 atom stereocenters. The van der Waals surface area contributed by atoms with Crippen molar-refractivity contribution in [2.75, 3.05) is 0 Å². The van der Waals surface area contributed by atoms with Crippen molar-refractivity contribution >= 4 is 15.9 Å². The average Bonchev–Trinajstić information content (AvgIpc) is 2.76. The molecule has 4 rings (SSSR count). The smallest absolute Gasteiger partial charge is 0.0701 e. The molecule has 134 valence electrons. The summed E-state index contributed by atoms with van der Waals surface area (Å²) in [5.74, 6) is 0. The highest BCUT2D eigenvalue weighted by Gasteiger charge is 1.97. The zero-order valence-electron chi connectivity index (χ0n) is 15.2. The molecule has 0 radical (unpaired) electrons. The fraction of sp³-hybridized carbons (Fsp3) is 0.0833. The second kappa shape index (κ2) is 9.79. The van der Waals surface area contributed by atoms with Gasteiger partial charge in [0.15, 0.2) is 0 Å². The lowest BCUT2D eigenvalue weighted by Gasteiger charge is -2.00. The number of aryl methyl sites for hydroxylation is 1. The Balaban J connectivity index is 0.000000156. The highest BCUT2D eigenvalue weighted by atomic mass is 79.9. The van der Waals surface area contributed by atoms with Gasteiger partial charge in [-0.05, 0) is 36.8 Å². The minimum atomic E-state index is 0.898. The molecule has 0 N–H and O–H groups in total. The molecule has 27 heavy (non-hydrogen) atoms. The van der Waals surface area contributed by atoms with Crippen LogP contribution in [0.25, 0.3) is 22.5 Å². The van der Waals surface area contributed by atoms with Gasteiger partial charge in [-0.25, -0.2) is 0 Å². The van der Waals surface area contributed by atoms with Crippen LogP contribution in [0, 0.1) is 6.92 Å². The van der Waals surface area contributed by atoms with Gasteiger partial charge < -0.3 is 0 Å². The van der Waals surface area contributed by atoms with Crippen LogP contribution in [-0.4, -0.2) is 9.97 Å². The molecule has 0 aliphatic carbocycles. The quantitative estimate of drug-likeness (QED) is 0.347. The van der Waals surface area contributed by atoms with Gasteiger partial charge >= 0.3 is 0 Å². The molecule has 2 aromatic carbocycles. The van der Waals surface area contributed by atoms with Gasteiger partial charge in [0.05, 0.1) is 11.4 Å². The highest BCUT2D eigenvalue weighted by Crippen LogP contribution is 2.18. The number of nitrogens with zero attached hydrogens (tertiary/aromatic N) is 2. The van der Waals surface area contributed by atoms with Crippen LogP contribution < -0.4 is 0 Å². The molecule has 0 aliphatic heterocycles. The maximum Gasteiger partial charge on any atom is 0.0701 e. The van der Waals surface area contributed by atoms with E-state index in [-0.39, 0.29) is 0 Å². The molecule has 0 fully saturated rings. The Hall–Kier alpha value is -2.78. The molecule has 0 unspecified atom stereocenters. The maximum atomic E-state index is 4.29. The lowest BCUT2D eigenvalue weighted by Crippen LogP contribution is -1.82. The number of rotatable bonds is 3. The van der Waals surface area contributed by atoms with Crippen LogP contribution in [-0.2, 0) is 5.33 Å². The minimum absolute atomic E-state index is 0.898. The van der Waals surface area contributed by atoms with Crippen molar-refractivity contribution in [3.05, 3.63) is 108 Å². The van der Waals surface area contributed by atoms with Gasteiger partial charge in [-0.15, -0.1) is 0 Å². The van der Waals surface area contributed by atoms with Crippen molar-refractivity contribution in [1.82, 2.24) is 9.97 Å². The fourth-order valence-electron chi connectivity index (χ4n) is 2.56. The zero-order valence-corrected chi connectivity index (χ0v) is 16.8. The zero-order chi connectivity index (χ0) is 18.9. The van der Waals surface area contributed by atoms with E-state index < -0.39 is 0 Å². The molecule has 0 saturated carbocycles. The van der Waals surface area contributed by atoms with Crippen molar-refractivity contribution in [3.8, 4) is 22.5 Å².